The van der Waals surface area contributed by atoms with Gasteiger partial charge in [-0.25, -0.2) is 4.99 Å². The SMILES string of the molecule is CC1=CC(=Nc2cc(C)c(N)cc2[NH2+]c2ccccc2)CC=C1NCC(=O)O. The van der Waals surface area contributed by atoms with E-state index in [0.717, 1.165) is 45.3 Å². The molecule has 0 atom stereocenters. The lowest BCUT2D eigenvalue weighted by atomic mass is 10.0. The van der Waals surface area contributed by atoms with Crippen molar-refractivity contribution < 1.29 is 15.2 Å². The van der Waals surface area contributed by atoms with E-state index in [4.69, 9.17) is 15.8 Å². The Labute approximate surface area is 164 Å². The van der Waals surface area contributed by atoms with Gasteiger partial charge in [-0.2, -0.15) is 0 Å². The fraction of sp³-hybridized carbons (Fsp3) is 0.182. The molecule has 6 nitrogen and oxygen atoms in total. The van der Waals surface area contributed by atoms with Crippen molar-refractivity contribution in [2.45, 2.75) is 20.3 Å². The first-order chi connectivity index (χ1) is 13.4. The van der Waals surface area contributed by atoms with Crippen LogP contribution in [0, 0.1) is 6.92 Å². The van der Waals surface area contributed by atoms with Crippen molar-refractivity contribution in [3.05, 3.63) is 71.5 Å². The average Bonchev–Trinajstić information content (AvgIpc) is 2.66. The largest absolute Gasteiger partial charge is 0.480 e. The van der Waals surface area contributed by atoms with Crippen molar-refractivity contribution in [3.63, 3.8) is 0 Å². The van der Waals surface area contributed by atoms with Gasteiger partial charge < -0.3 is 16.2 Å². The number of hydrogen-bond donors (Lipinski definition) is 4. The fourth-order valence-corrected chi connectivity index (χ4v) is 3.04. The number of quaternary nitrogens is 1. The number of hydrogen-bond acceptors (Lipinski definition) is 4. The van der Waals surface area contributed by atoms with Crippen LogP contribution in [0.2, 0.25) is 0 Å². The van der Waals surface area contributed by atoms with Gasteiger partial charge >= 0.3 is 5.97 Å². The predicted molar refractivity (Wildman–Crippen MR) is 112 cm³/mol. The maximum Gasteiger partial charge on any atom is 0.322 e. The molecule has 0 heterocycles. The van der Waals surface area contributed by atoms with Crippen LogP contribution in [0.3, 0.4) is 0 Å². The molecule has 6 heteroatoms. The van der Waals surface area contributed by atoms with Crippen molar-refractivity contribution in [1.29, 1.82) is 0 Å². The minimum atomic E-state index is -0.883. The minimum absolute atomic E-state index is 0.100. The number of para-hydroxylation sites is 1. The zero-order valence-electron chi connectivity index (χ0n) is 16.1. The van der Waals surface area contributed by atoms with Crippen LogP contribution < -0.4 is 16.4 Å². The third-order valence-electron chi connectivity index (χ3n) is 4.55. The Balaban J connectivity index is 1.87. The molecule has 2 aromatic rings. The van der Waals surface area contributed by atoms with E-state index in [0.29, 0.717) is 6.42 Å². The molecular weight excluding hydrogens is 352 g/mol. The lowest BCUT2D eigenvalue weighted by Crippen LogP contribution is -2.71. The Kier molecular flexibility index (Phi) is 5.91. The first-order valence-corrected chi connectivity index (χ1v) is 9.14. The molecule has 3 rings (SSSR count). The van der Waals surface area contributed by atoms with E-state index < -0.39 is 5.97 Å². The lowest BCUT2D eigenvalue weighted by molar-refractivity contribution is -0.477. The van der Waals surface area contributed by atoms with Crippen LogP contribution in [0.25, 0.3) is 0 Å². The topological polar surface area (TPSA) is 104 Å². The Morgan fingerprint density at radius 3 is 2.68 bits per heavy atom. The smallest absolute Gasteiger partial charge is 0.322 e. The van der Waals surface area contributed by atoms with Gasteiger partial charge in [0.15, 0.2) is 5.69 Å². The van der Waals surface area contributed by atoms with Crippen LogP contribution >= 0.6 is 0 Å². The summed E-state index contributed by atoms with van der Waals surface area (Å²) < 4.78 is 0. The molecular formula is C22H25N4O2+. The number of carboxylic acid groups (broad SMARTS) is 1. The van der Waals surface area contributed by atoms with Crippen LogP contribution in [-0.2, 0) is 4.79 Å². The summed E-state index contributed by atoms with van der Waals surface area (Å²) in [4.78, 5) is 15.6. The molecule has 0 aliphatic heterocycles. The second kappa shape index (κ2) is 8.54. The summed E-state index contributed by atoms with van der Waals surface area (Å²) in [5, 5.41) is 13.8. The molecule has 1 aliphatic rings. The maximum atomic E-state index is 10.8. The van der Waals surface area contributed by atoms with Gasteiger partial charge in [-0.05, 0) is 49.3 Å². The van der Waals surface area contributed by atoms with Crippen molar-refractivity contribution in [2.24, 2.45) is 4.99 Å². The fourth-order valence-electron chi connectivity index (χ4n) is 3.04. The molecule has 144 valence electrons. The van der Waals surface area contributed by atoms with Crippen LogP contribution in [0.5, 0.6) is 0 Å². The Hall–Kier alpha value is -3.38. The van der Waals surface area contributed by atoms with Gasteiger partial charge in [0.05, 0.1) is 0 Å². The second-order valence-electron chi connectivity index (χ2n) is 6.82. The molecule has 0 fully saturated rings. The number of anilines is 1. The minimum Gasteiger partial charge on any atom is -0.480 e. The number of carboxylic acids is 1. The number of nitrogen functional groups attached to an aromatic ring is 1. The first kappa shape index (κ1) is 19.4. The van der Waals surface area contributed by atoms with E-state index >= 15 is 0 Å². The van der Waals surface area contributed by atoms with Crippen LogP contribution in [-0.4, -0.2) is 23.3 Å². The van der Waals surface area contributed by atoms with E-state index in [1.807, 2.05) is 68.5 Å². The van der Waals surface area contributed by atoms with E-state index in [1.165, 1.54) is 0 Å². The molecule has 0 spiro atoms. The summed E-state index contributed by atoms with van der Waals surface area (Å²) in [6.07, 6.45) is 4.59. The number of allylic oxidation sites excluding steroid dienone is 3. The highest BCUT2D eigenvalue weighted by molar-refractivity contribution is 6.00. The number of nitrogens with two attached hydrogens (primary N) is 2. The second-order valence-corrected chi connectivity index (χ2v) is 6.82. The van der Waals surface area contributed by atoms with E-state index in [2.05, 4.69) is 10.6 Å². The molecule has 0 aromatic heterocycles. The summed E-state index contributed by atoms with van der Waals surface area (Å²) >= 11 is 0. The molecule has 2 aromatic carbocycles. The third kappa shape index (κ3) is 4.86. The summed E-state index contributed by atoms with van der Waals surface area (Å²) in [5.74, 6) is -0.883. The molecule has 0 radical (unpaired) electrons. The molecule has 28 heavy (non-hydrogen) atoms. The van der Waals surface area contributed by atoms with Crippen LogP contribution in [0.4, 0.5) is 22.7 Å². The molecule has 6 N–H and O–H groups in total. The number of carbonyl (C=O) groups is 1. The van der Waals surface area contributed by atoms with Crippen LogP contribution in [0.1, 0.15) is 18.9 Å². The summed E-state index contributed by atoms with van der Waals surface area (Å²) in [6, 6.07) is 14.0. The lowest BCUT2D eigenvalue weighted by Gasteiger charge is -2.15. The van der Waals surface area contributed by atoms with Gasteiger partial charge in [0.25, 0.3) is 0 Å². The van der Waals surface area contributed by atoms with E-state index in [9.17, 15) is 4.79 Å². The quantitative estimate of drug-likeness (QED) is 0.581. The first-order valence-electron chi connectivity index (χ1n) is 9.14. The monoisotopic (exact) mass is 377 g/mol. The predicted octanol–water partition coefficient (Wildman–Crippen LogP) is 3.08. The summed E-state index contributed by atoms with van der Waals surface area (Å²) in [6.45, 7) is 3.82. The van der Waals surface area contributed by atoms with Gasteiger partial charge in [-0.3, -0.25) is 10.1 Å². The summed E-state index contributed by atoms with van der Waals surface area (Å²) in [5.41, 5.74) is 13.5. The Morgan fingerprint density at radius 2 is 2.00 bits per heavy atom. The molecule has 0 unspecified atom stereocenters. The van der Waals surface area contributed by atoms with Crippen LogP contribution in [0.15, 0.2) is 70.9 Å². The van der Waals surface area contributed by atoms with Crippen molar-refractivity contribution in [3.8, 4) is 0 Å². The standard InChI is InChI=1S/C22H24N4O2/c1-14-11-20(21(12-18(14)23)25-16-6-4-3-5-7-16)26-17-8-9-19(15(2)10-17)24-13-22(27)28/h3-7,9-12,24-25H,8,13,23H2,1-2H3,(H,27,28)/p+1. The van der Waals surface area contributed by atoms with Gasteiger partial charge in [0.1, 0.15) is 17.9 Å². The Morgan fingerprint density at radius 1 is 1.25 bits per heavy atom. The van der Waals surface area contributed by atoms with Gasteiger partial charge in [-0.15, -0.1) is 0 Å². The third-order valence-corrected chi connectivity index (χ3v) is 4.55. The summed E-state index contributed by atoms with van der Waals surface area (Å²) in [7, 11) is 0. The average molecular weight is 377 g/mol. The number of nitrogens with zero attached hydrogens (tertiary/aromatic N) is 1. The Bertz CT molecular complexity index is 976. The van der Waals surface area contributed by atoms with Gasteiger partial charge in [-0.1, -0.05) is 24.3 Å². The molecule has 0 amide bonds. The molecule has 1 aliphatic carbocycles. The van der Waals surface area contributed by atoms with E-state index in [-0.39, 0.29) is 6.54 Å². The number of aryl methyl sites for hydroxylation is 1. The zero-order chi connectivity index (χ0) is 20.1. The van der Waals surface area contributed by atoms with Gasteiger partial charge in [0, 0.05) is 29.6 Å². The number of nitrogens with one attached hydrogen (secondary N) is 1. The van der Waals surface area contributed by atoms with Gasteiger partial charge in [0.2, 0.25) is 0 Å². The number of aliphatic carboxylic acids is 1. The van der Waals surface area contributed by atoms with Crippen molar-refractivity contribution in [1.82, 2.24) is 5.32 Å². The highest BCUT2D eigenvalue weighted by atomic mass is 16.4. The molecule has 0 saturated heterocycles. The highest BCUT2D eigenvalue weighted by Gasteiger charge is 2.14. The molecule has 0 saturated carbocycles. The zero-order valence-corrected chi connectivity index (χ0v) is 16.1. The highest BCUT2D eigenvalue weighted by Crippen LogP contribution is 2.29. The number of benzene rings is 2. The van der Waals surface area contributed by atoms with Crippen molar-refractivity contribution in [2.75, 3.05) is 12.3 Å². The normalized spacial score (nSPS) is 15.1. The maximum absolute atomic E-state index is 10.8. The molecule has 0 bridgehead atoms. The van der Waals surface area contributed by atoms with Crippen molar-refractivity contribution >= 4 is 34.4 Å². The number of aliphatic imine (C=N–C) groups is 1. The van der Waals surface area contributed by atoms with E-state index in [1.54, 1.807) is 0 Å². The number of rotatable bonds is 6.